The van der Waals surface area contributed by atoms with E-state index in [0.717, 1.165) is 58.1 Å². The minimum absolute atomic E-state index is 0.00249. The number of halogens is 2. The number of hydrogen-bond donors (Lipinski definition) is 2. The zero-order chi connectivity index (χ0) is 36.2. The van der Waals surface area contributed by atoms with E-state index in [4.69, 9.17) is 24.2 Å². The molecule has 2 N–H and O–H groups in total. The van der Waals surface area contributed by atoms with Crippen molar-refractivity contribution in [2.24, 2.45) is 5.41 Å². The van der Waals surface area contributed by atoms with Gasteiger partial charge >= 0.3 is 6.01 Å². The summed E-state index contributed by atoms with van der Waals surface area (Å²) in [5.74, 6) is -0.821. The van der Waals surface area contributed by atoms with Crippen LogP contribution in [0.15, 0.2) is 30.5 Å². The van der Waals surface area contributed by atoms with Crippen molar-refractivity contribution in [3.05, 3.63) is 47.7 Å². The first-order valence-corrected chi connectivity index (χ1v) is 18.9. The molecule has 4 fully saturated rings. The third kappa shape index (κ3) is 6.45. The van der Waals surface area contributed by atoms with Gasteiger partial charge in [0.15, 0.2) is 5.82 Å². The van der Waals surface area contributed by atoms with E-state index in [2.05, 4.69) is 16.8 Å². The van der Waals surface area contributed by atoms with Crippen molar-refractivity contribution < 1.29 is 33.2 Å². The second-order valence-electron chi connectivity index (χ2n) is 15.7. The van der Waals surface area contributed by atoms with Gasteiger partial charge < -0.3 is 29.3 Å². The van der Waals surface area contributed by atoms with E-state index < -0.39 is 17.2 Å². The Balaban J connectivity index is 1.21. The minimum Gasteiger partial charge on any atom is -0.508 e. The summed E-state index contributed by atoms with van der Waals surface area (Å²) in [6.07, 6.45) is 9.62. The SMILES string of the molecule is CCc1c(F)ccc2cc(O)cc(-c3ncc4c(N5CCOCC(C)(O)C5)nc(OCC56CCCC5N(C5CCOC(C)C5)CCC6)nc4c3F)c12. The number of aryl methyl sites for hydroxylation is 1. The Bertz CT molecular complexity index is 1980. The molecule has 1 saturated carbocycles. The number of piperidine rings is 1. The van der Waals surface area contributed by atoms with Crippen LogP contribution in [0.1, 0.15) is 71.3 Å². The molecule has 2 aromatic carbocycles. The van der Waals surface area contributed by atoms with E-state index in [1.165, 1.54) is 18.3 Å². The number of aliphatic hydroxyl groups is 1. The van der Waals surface area contributed by atoms with E-state index in [1.54, 1.807) is 19.1 Å². The van der Waals surface area contributed by atoms with Crippen molar-refractivity contribution in [1.29, 1.82) is 0 Å². The minimum atomic E-state index is -1.18. The van der Waals surface area contributed by atoms with Gasteiger partial charge in [0.25, 0.3) is 0 Å². The molecule has 2 aromatic heterocycles. The van der Waals surface area contributed by atoms with Gasteiger partial charge in [0.1, 0.15) is 34.2 Å². The summed E-state index contributed by atoms with van der Waals surface area (Å²) < 4.78 is 50.4. The fourth-order valence-corrected chi connectivity index (χ4v) is 9.59. The number of phenolic OH excluding ortho intramolecular Hbond substituents is 1. The van der Waals surface area contributed by atoms with Gasteiger partial charge in [-0.3, -0.25) is 9.88 Å². The smallest absolute Gasteiger partial charge is 0.319 e. The second kappa shape index (κ2) is 13.9. The Morgan fingerprint density at radius 1 is 1.08 bits per heavy atom. The van der Waals surface area contributed by atoms with Gasteiger partial charge in [-0.25, -0.2) is 8.78 Å². The van der Waals surface area contributed by atoms with Crippen molar-refractivity contribution >= 4 is 27.5 Å². The molecule has 10 nitrogen and oxygen atoms in total. The highest BCUT2D eigenvalue weighted by Gasteiger charge is 2.50. The topological polar surface area (TPSA) is 113 Å². The molecule has 5 unspecified atom stereocenters. The Morgan fingerprint density at radius 3 is 2.75 bits per heavy atom. The highest BCUT2D eigenvalue weighted by molar-refractivity contribution is 6.01. The summed E-state index contributed by atoms with van der Waals surface area (Å²) in [5.41, 5.74) is -0.611. The van der Waals surface area contributed by atoms with Gasteiger partial charge in [-0.1, -0.05) is 19.4 Å². The molecular formula is C40H49F2N5O5. The Labute approximate surface area is 303 Å². The quantitative estimate of drug-likeness (QED) is 0.218. The Hall–Kier alpha value is -3.71. The number of pyridine rings is 1. The van der Waals surface area contributed by atoms with Crippen LogP contribution in [-0.4, -0.2) is 99.9 Å². The number of nitrogens with zero attached hydrogens (tertiary/aromatic N) is 5. The van der Waals surface area contributed by atoms with Crippen LogP contribution in [0.4, 0.5) is 14.6 Å². The van der Waals surface area contributed by atoms with Crippen molar-refractivity contribution in [2.45, 2.75) is 95.9 Å². The molecule has 4 aromatic rings. The van der Waals surface area contributed by atoms with Crippen LogP contribution in [0.5, 0.6) is 11.8 Å². The number of anilines is 1. The fourth-order valence-electron chi connectivity index (χ4n) is 9.59. The van der Waals surface area contributed by atoms with Crippen molar-refractivity contribution in [3.63, 3.8) is 0 Å². The predicted molar refractivity (Wildman–Crippen MR) is 195 cm³/mol. The molecule has 3 aliphatic heterocycles. The number of phenols is 1. The molecule has 12 heteroatoms. The fraction of sp³-hybridized carbons (Fsp3) is 0.575. The standard InChI is InChI=1S/C40H49F2N5O5/c1-4-28-31(41)9-8-25-18-27(48)19-29(33(25)28)35-34(42)36-30(20-43-35)37(46-14-16-50-22-39(3,49)21-46)45-38(44-36)52-23-40-11-5-7-32(40)47(13-6-12-40)26-10-15-51-24(2)17-26/h8-9,18-20,24,26,32,48-49H,4-7,10-17,21-23H2,1-3H3. The summed E-state index contributed by atoms with van der Waals surface area (Å²) in [4.78, 5) is 18.8. The van der Waals surface area contributed by atoms with Gasteiger partial charge in [0.05, 0.1) is 37.9 Å². The molecular weight excluding hydrogens is 668 g/mol. The molecule has 8 rings (SSSR count). The summed E-state index contributed by atoms with van der Waals surface area (Å²) in [7, 11) is 0. The van der Waals surface area contributed by atoms with Gasteiger partial charge in [-0.05, 0) is 99.9 Å². The van der Waals surface area contributed by atoms with Crippen LogP contribution in [0.25, 0.3) is 32.9 Å². The van der Waals surface area contributed by atoms with Crippen LogP contribution in [0.3, 0.4) is 0 Å². The number of rotatable bonds is 7. The van der Waals surface area contributed by atoms with E-state index in [1.807, 2.05) is 11.8 Å². The average molecular weight is 718 g/mol. The lowest BCUT2D eigenvalue weighted by Gasteiger charge is -2.50. The second-order valence-corrected chi connectivity index (χ2v) is 15.7. The Morgan fingerprint density at radius 2 is 1.92 bits per heavy atom. The van der Waals surface area contributed by atoms with Crippen LogP contribution in [-0.2, 0) is 15.9 Å². The van der Waals surface area contributed by atoms with Crippen molar-refractivity contribution in [3.8, 4) is 23.0 Å². The monoisotopic (exact) mass is 717 g/mol. The molecule has 0 radical (unpaired) electrons. The number of aromatic hydroxyl groups is 1. The zero-order valence-electron chi connectivity index (χ0n) is 30.3. The highest BCUT2D eigenvalue weighted by atomic mass is 19.1. The molecule has 0 spiro atoms. The van der Waals surface area contributed by atoms with Gasteiger partial charge in [-0.15, -0.1) is 0 Å². The number of hydrogen-bond acceptors (Lipinski definition) is 10. The first-order valence-electron chi connectivity index (χ1n) is 18.9. The third-order valence-corrected chi connectivity index (χ3v) is 11.9. The molecule has 0 bridgehead atoms. The van der Waals surface area contributed by atoms with Crippen LogP contribution in [0.2, 0.25) is 0 Å². The summed E-state index contributed by atoms with van der Waals surface area (Å²) in [6.45, 7) is 9.08. The van der Waals surface area contributed by atoms with Crippen LogP contribution >= 0.6 is 0 Å². The summed E-state index contributed by atoms with van der Waals surface area (Å²) in [5, 5.41) is 23.2. The van der Waals surface area contributed by atoms with E-state index in [0.29, 0.717) is 65.8 Å². The largest absolute Gasteiger partial charge is 0.508 e. The molecule has 5 atom stereocenters. The predicted octanol–water partition coefficient (Wildman–Crippen LogP) is 6.56. The van der Waals surface area contributed by atoms with Crippen LogP contribution in [0, 0.1) is 17.0 Å². The van der Waals surface area contributed by atoms with E-state index >= 15 is 8.78 Å². The molecule has 278 valence electrons. The summed E-state index contributed by atoms with van der Waals surface area (Å²) in [6, 6.07) is 6.84. The molecule has 5 heterocycles. The maximum Gasteiger partial charge on any atom is 0.319 e. The zero-order valence-corrected chi connectivity index (χ0v) is 30.3. The number of aromatic nitrogens is 3. The number of likely N-dealkylation sites (tertiary alicyclic amines) is 1. The number of benzene rings is 2. The molecule has 1 aliphatic carbocycles. The summed E-state index contributed by atoms with van der Waals surface area (Å²) >= 11 is 0. The Kier molecular flexibility index (Phi) is 9.46. The van der Waals surface area contributed by atoms with Gasteiger partial charge in [-0.2, -0.15) is 9.97 Å². The van der Waals surface area contributed by atoms with Crippen molar-refractivity contribution in [2.75, 3.05) is 51.0 Å². The lowest BCUT2D eigenvalue weighted by molar-refractivity contribution is -0.0701. The van der Waals surface area contributed by atoms with Gasteiger partial charge in [0, 0.05) is 42.4 Å². The third-order valence-electron chi connectivity index (χ3n) is 11.9. The number of ether oxygens (including phenoxy) is 3. The number of β-amino-alcohol motifs (C(OH)–C–C–N with tert-alkyl or cyclic N) is 1. The van der Waals surface area contributed by atoms with E-state index in [9.17, 15) is 10.2 Å². The lowest BCUT2D eigenvalue weighted by atomic mass is 9.74. The maximum absolute atomic E-state index is 17.1. The normalized spacial score (nSPS) is 28.7. The number of fused-ring (bicyclic) bond motifs is 3. The van der Waals surface area contributed by atoms with E-state index in [-0.39, 0.29) is 53.2 Å². The molecule has 0 amide bonds. The highest BCUT2D eigenvalue weighted by Crippen LogP contribution is 2.49. The maximum atomic E-state index is 17.1. The van der Waals surface area contributed by atoms with Gasteiger partial charge in [0.2, 0.25) is 0 Å². The molecule has 3 saturated heterocycles. The molecule has 4 aliphatic rings. The molecule has 52 heavy (non-hydrogen) atoms. The van der Waals surface area contributed by atoms with Crippen molar-refractivity contribution in [1.82, 2.24) is 19.9 Å². The average Bonchev–Trinajstić information content (AvgIpc) is 3.47. The first-order chi connectivity index (χ1) is 25.1. The lowest BCUT2D eigenvalue weighted by Crippen LogP contribution is -2.57. The first kappa shape index (κ1) is 35.3. The van der Waals surface area contributed by atoms with Crippen LogP contribution < -0.4 is 9.64 Å².